The van der Waals surface area contributed by atoms with Crippen molar-refractivity contribution in [3.05, 3.63) is 15.6 Å². The Morgan fingerprint density at radius 1 is 1.24 bits per heavy atom. The highest BCUT2D eigenvalue weighted by Crippen LogP contribution is 2.32. The Morgan fingerprint density at radius 2 is 2.05 bits per heavy atom. The molecule has 1 aromatic rings. The number of aromatic nitrogens is 1. The molecule has 0 aromatic carbocycles. The third kappa shape index (κ3) is 4.95. The average Bonchev–Trinajstić information content (AvgIpc) is 3.26. The van der Waals surface area contributed by atoms with Gasteiger partial charge in [0.05, 0.1) is 12.3 Å². The molecule has 0 spiro atoms. The molecular formula is C16H26N2OS2. The molecule has 2 fully saturated rings. The highest BCUT2D eigenvalue weighted by atomic mass is 32.2. The predicted molar refractivity (Wildman–Crippen MR) is 90.9 cm³/mol. The van der Waals surface area contributed by atoms with Gasteiger partial charge in [0.15, 0.2) is 0 Å². The molecular weight excluding hydrogens is 300 g/mol. The standard InChI is InChI=1S/C16H26N2OS2/c1-19-10-14-15(9-17-12-7-8-12)21-16(18-14)11-20-13-5-3-2-4-6-13/h12-13,17H,2-11H2,1H3. The summed E-state index contributed by atoms with van der Waals surface area (Å²) in [7, 11) is 1.76. The summed E-state index contributed by atoms with van der Waals surface area (Å²) in [4.78, 5) is 6.19. The van der Waals surface area contributed by atoms with Crippen molar-refractivity contribution in [1.82, 2.24) is 10.3 Å². The summed E-state index contributed by atoms with van der Waals surface area (Å²) in [5.74, 6) is 1.08. The Hall–Kier alpha value is -0.100. The van der Waals surface area contributed by atoms with Crippen molar-refractivity contribution in [2.45, 2.75) is 75.1 Å². The quantitative estimate of drug-likeness (QED) is 0.779. The normalized spacial score (nSPS) is 20.0. The number of ether oxygens (including phenoxy) is 1. The summed E-state index contributed by atoms with van der Waals surface area (Å²) in [5, 5.41) is 5.74. The smallest absolute Gasteiger partial charge is 0.103 e. The zero-order valence-electron chi connectivity index (χ0n) is 12.9. The largest absolute Gasteiger partial charge is 0.378 e. The van der Waals surface area contributed by atoms with Gasteiger partial charge in [-0.3, -0.25) is 0 Å². The van der Waals surface area contributed by atoms with E-state index in [9.17, 15) is 0 Å². The Labute approximate surface area is 136 Å². The molecule has 118 valence electrons. The van der Waals surface area contributed by atoms with Crippen molar-refractivity contribution in [3.63, 3.8) is 0 Å². The number of nitrogens with zero attached hydrogens (tertiary/aromatic N) is 1. The van der Waals surface area contributed by atoms with Gasteiger partial charge < -0.3 is 10.1 Å². The number of rotatable bonds is 8. The lowest BCUT2D eigenvalue weighted by atomic mass is 10.0. The summed E-state index contributed by atoms with van der Waals surface area (Å²) < 4.78 is 5.31. The van der Waals surface area contributed by atoms with E-state index in [1.54, 1.807) is 7.11 Å². The third-order valence-corrected chi connectivity index (χ3v) is 6.89. The third-order valence-electron chi connectivity index (χ3n) is 4.23. The molecule has 0 saturated heterocycles. The van der Waals surface area contributed by atoms with Crippen molar-refractivity contribution in [2.24, 2.45) is 0 Å². The van der Waals surface area contributed by atoms with Crippen LogP contribution in [0.3, 0.4) is 0 Å². The van der Waals surface area contributed by atoms with Gasteiger partial charge in [-0.25, -0.2) is 4.98 Å². The van der Waals surface area contributed by atoms with Crippen molar-refractivity contribution in [2.75, 3.05) is 7.11 Å². The van der Waals surface area contributed by atoms with Gasteiger partial charge in [0.1, 0.15) is 5.01 Å². The SMILES string of the molecule is COCc1nc(CSC2CCCCC2)sc1CNC1CC1. The minimum Gasteiger partial charge on any atom is -0.378 e. The molecule has 0 radical (unpaired) electrons. The van der Waals surface area contributed by atoms with Crippen molar-refractivity contribution >= 4 is 23.1 Å². The van der Waals surface area contributed by atoms with Gasteiger partial charge in [-0.05, 0) is 25.7 Å². The number of nitrogens with one attached hydrogen (secondary N) is 1. The molecule has 2 aliphatic carbocycles. The molecule has 1 N–H and O–H groups in total. The van der Waals surface area contributed by atoms with Gasteiger partial charge in [0, 0.05) is 35.6 Å². The number of hydrogen-bond acceptors (Lipinski definition) is 5. The fourth-order valence-corrected chi connectivity index (χ4v) is 5.20. The monoisotopic (exact) mass is 326 g/mol. The molecule has 0 unspecified atom stereocenters. The van der Waals surface area contributed by atoms with Crippen molar-refractivity contribution in [1.29, 1.82) is 0 Å². The van der Waals surface area contributed by atoms with E-state index in [0.29, 0.717) is 6.61 Å². The van der Waals surface area contributed by atoms with Gasteiger partial charge in [-0.2, -0.15) is 11.8 Å². The molecule has 0 amide bonds. The second-order valence-corrected chi connectivity index (χ2v) is 8.59. The van der Waals surface area contributed by atoms with Crippen LogP contribution in [0.1, 0.15) is 60.5 Å². The highest BCUT2D eigenvalue weighted by molar-refractivity contribution is 7.99. The van der Waals surface area contributed by atoms with Crippen LogP contribution in [0.25, 0.3) is 0 Å². The minimum atomic E-state index is 0.645. The van der Waals surface area contributed by atoms with E-state index in [4.69, 9.17) is 9.72 Å². The molecule has 2 saturated carbocycles. The van der Waals surface area contributed by atoms with Crippen molar-refractivity contribution < 1.29 is 4.74 Å². The molecule has 0 bridgehead atoms. The lowest BCUT2D eigenvalue weighted by Gasteiger charge is -2.20. The maximum absolute atomic E-state index is 5.31. The van der Waals surface area contributed by atoms with Crippen LogP contribution in [-0.2, 0) is 23.6 Å². The summed E-state index contributed by atoms with van der Waals surface area (Å²) in [5.41, 5.74) is 1.15. The molecule has 0 aliphatic heterocycles. The van der Waals surface area contributed by atoms with Crippen LogP contribution < -0.4 is 5.32 Å². The van der Waals surface area contributed by atoms with Crippen LogP contribution in [0.2, 0.25) is 0 Å². The Kier molecular flexibility index (Phi) is 5.98. The topological polar surface area (TPSA) is 34.1 Å². The van der Waals surface area contributed by atoms with Crippen molar-refractivity contribution in [3.8, 4) is 0 Å². The maximum atomic E-state index is 5.31. The highest BCUT2D eigenvalue weighted by Gasteiger charge is 2.22. The van der Waals surface area contributed by atoms with Crippen LogP contribution in [0.15, 0.2) is 0 Å². The number of thioether (sulfide) groups is 1. The van der Waals surface area contributed by atoms with Gasteiger partial charge in [-0.1, -0.05) is 19.3 Å². The summed E-state index contributed by atoms with van der Waals surface area (Å²) in [6.07, 6.45) is 9.74. The number of thiazole rings is 1. The molecule has 2 aliphatic rings. The van der Waals surface area contributed by atoms with Crippen LogP contribution in [0.5, 0.6) is 0 Å². The zero-order valence-corrected chi connectivity index (χ0v) is 14.5. The number of hydrogen-bond donors (Lipinski definition) is 1. The first-order chi connectivity index (χ1) is 10.3. The number of methoxy groups -OCH3 is 1. The van der Waals surface area contributed by atoms with Crippen LogP contribution in [0, 0.1) is 0 Å². The van der Waals surface area contributed by atoms with Gasteiger partial charge in [0.25, 0.3) is 0 Å². The van der Waals surface area contributed by atoms with Crippen LogP contribution in [-0.4, -0.2) is 23.4 Å². The van der Waals surface area contributed by atoms with E-state index in [1.807, 2.05) is 11.3 Å². The van der Waals surface area contributed by atoms with Gasteiger partial charge >= 0.3 is 0 Å². The van der Waals surface area contributed by atoms with Crippen LogP contribution in [0.4, 0.5) is 0 Å². The van der Waals surface area contributed by atoms with Crippen LogP contribution >= 0.6 is 23.1 Å². The molecule has 1 aromatic heterocycles. The summed E-state index contributed by atoms with van der Waals surface area (Å²) in [6, 6.07) is 0.752. The lowest BCUT2D eigenvalue weighted by Crippen LogP contribution is -2.15. The summed E-state index contributed by atoms with van der Waals surface area (Å²) in [6.45, 7) is 1.61. The van der Waals surface area contributed by atoms with E-state index in [0.717, 1.165) is 29.3 Å². The first-order valence-corrected chi connectivity index (χ1v) is 10.0. The minimum absolute atomic E-state index is 0.645. The van der Waals surface area contributed by atoms with E-state index in [2.05, 4.69) is 17.1 Å². The Balaban J connectivity index is 1.54. The second kappa shape index (κ2) is 7.95. The first-order valence-electron chi connectivity index (χ1n) is 8.16. The van der Waals surface area contributed by atoms with Gasteiger partial charge in [-0.15, -0.1) is 11.3 Å². The van der Waals surface area contributed by atoms with E-state index in [-0.39, 0.29) is 0 Å². The fourth-order valence-electron chi connectivity index (χ4n) is 2.83. The predicted octanol–water partition coefficient (Wildman–Crippen LogP) is 4.11. The first kappa shape index (κ1) is 15.8. The van der Waals surface area contributed by atoms with E-state index in [1.165, 1.54) is 54.8 Å². The molecule has 21 heavy (non-hydrogen) atoms. The van der Waals surface area contributed by atoms with E-state index >= 15 is 0 Å². The fraction of sp³-hybridized carbons (Fsp3) is 0.812. The Morgan fingerprint density at radius 3 is 2.76 bits per heavy atom. The second-order valence-electron chi connectivity index (χ2n) is 6.14. The summed E-state index contributed by atoms with van der Waals surface area (Å²) >= 11 is 4.00. The average molecular weight is 327 g/mol. The molecule has 3 rings (SSSR count). The lowest BCUT2D eigenvalue weighted by molar-refractivity contribution is 0.181. The zero-order chi connectivity index (χ0) is 14.5. The molecule has 0 atom stereocenters. The van der Waals surface area contributed by atoms with E-state index < -0.39 is 0 Å². The Bertz CT molecular complexity index is 439. The molecule has 5 heteroatoms. The maximum Gasteiger partial charge on any atom is 0.103 e. The van der Waals surface area contributed by atoms with Gasteiger partial charge in [0.2, 0.25) is 0 Å². The molecule has 1 heterocycles. The molecule has 3 nitrogen and oxygen atoms in total.